The molecule has 29 heavy (non-hydrogen) atoms. The number of hydrogen-bond acceptors (Lipinski definition) is 5. The maximum atomic E-state index is 9.40. The number of benzene rings is 2. The lowest BCUT2D eigenvalue weighted by Gasteiger charge is -2.31. The van der Waals surface area contributed by atoms with Gasteiger partial charge in [0.1, 0.15) is 0 Å². The Balaban J connectivity index is 1.73. The van der Waals surface area contributed by atoms with E-state index in [9.17, 15) is 10.2 Å². The zero-order valence-electron chi connectivity index (χ0n) is 16.8. The van der Waals surface area contributed by atoms with Crippen LogP contribution >= 0.6 is 0 Å². The van der Waals surface area contributed by atoms with Gasteiger partial charge in [-0.05, 0) is 36.8 Å². The number of aliphatic hydroxyl groups is 2. The first-order valence-corrected chi connectivity index (χ1v) is 10.2. The van der Waals surface area contributed by atoms with Gasteiger partial charge in [-0.1, -0.05) is 54.1 Å². The molecule has 1 fully saturated rings. The number of hydrogen-bond donors (Lipinski definition) is 2. The van der Waals surface area contributed by atoms with E-state index in [0.29, 0.717) is 5.92 Å². The van der Waals surface area contributed by atoms with E-state index in [1.165, 1.54) is 5.56 Å². The zero-order valence-corrected chi connectivity index (χ0v) is 16.8. The van der Waals surface area contributed by atoms with Gasteiger partial charge in [0.2, 0.25) is 5.95 Å². The van der Waals surface area contributed by atoms with Crippen molar-refractivity contribution in [3.63, 3.8) is 0 Å². The molecule has 0 bridgehead atoms. The van der Waals surface area contributed by atoms with Crippen LogP contribution in [0.3, 0.4) is 0 Å². The average Bonchev–Trinajstić information content (AvgIpc) is 2.79. The number of aromatic nitrogens is 2. The van der Waals surface area contributed by atoms with Crippen molar-refractivity contribution in [3.8, 4) is 22.4 Å². The molecular formula is C24H27N3O2. The van der Waals surface area contributed by atoms with Crippen LogP contribution in [0, 0.1) is 12.8 Å². The van der Waals surface area contributed by atoms with Gasteiger partial charge in [0.25, 0.3) is 0 Å². The lowest BCUT2D eigenvalue weighted by atomic mass is 9.98. The monoisotopic (exact) mass is 389 g/mol. The molecule has 1 saturated heterocycles. The average molecular weight is 389 g/mol. The molecule has 1 aromatic heterocycles. The summed E-state index contributed by atoms with van der Waals surface area (Å²) in [6.45, 7) is 4.09. The number of piperidine rings is 1. The van der Waals surface area contributed by atoms with Gasteiger partial charge in [0.05, 0.1) is 12.3 Å². The highest BCUT2D eigenvalue weighted by Crippen LogP contribution is 2.32. The highest BCUT2D eigenvalue weighted by Gasteiger charge is 2.22. The SMILES string of the molecule is Cc1ccc(-c2nc(N3CCC(CO)CC3)ncc2-c2ccc(CO)cc2)cc1. The Morgan fingerprint density at radius 1 is 0.931 bits per heavy atom. The minimum absolute atomic E-state index is 0.0321. The summed E-state index contributed by atoms with van der Waals surface area (Å²) in [4.78, 5) is 11.9. The molecule has 1 aliphatic heterocycles. The van der Waals surface area contributed by atoms with E-state index in [1.807, 2.05) is 30.5 Å². The number of anilines is 1. The first-order valence-electron chi connectivity index (χ1n) is 10.2. The Hall–Kier alpha value is -2.76. The minimum Gasteiger partial charge on any atom is -0.396 e. The topological polar surface area (TPSA) is 69.5 Å². The molecule has 2 heterocycles. The number of aliphatic hydroxyl groups excluding tert-OH is 2. The lowest BCUT2D eigenvalue weighted by Crippen LogP contribution is -2.35. The van der Waals surface area contributed by atoms with Crippen molar-refractivity contribution in [2.75, 3.05) is 24.6 Å². The fraction of sp³-hybridized carbons (Fsp3) is 0.333. The molecule has 150 valence electrons. The van der Waals surface area contributed by atoms with E-state index in [0.717, 1.165) is 59.8 Å². The van der Waals surface area contributed by atoms with Crippen LogP contribution in [0.15, 0.2) is 54.7 Å². The first kappa shape index (κ1) is 19.6. The van der Waals surface area contributed by atoms with Gasteiger partial charge in [-0.2, -0.15) is 0 Å². The minimum atomic E-state index is 0.0321. The number of rotatable bonds is 5. The Morgan fingerprint density at radius 3 is 2.21 bits per heavy atom. The molecule has 0 amide bonds. The van der Waals surface area contributed by atoms with Crippen LogP contribution in [0.25, 0.3) is 22.4 Å². The molecular weight excluding hydrogens is 362 g/mol. The molecule has 2 N–H and O–H groups in total. The van der Waals surface area contributed by atoms with Crippen LogP contribution in [-0.2, 0) is 6.61 Å². The molecule has 0 unspecified atom stereocenters. The van der Waals surface area contributed by atoms with Crippen LogP contribution in [0.1, 0.15) is 24.0 Å². The van der Waals surface area contributed by atoms with E-state index in [1.54, 1.807) is 0 Å². The van der Waals surface area contributed by atoms with Crippen molar-refractivity contribution in [2.45, 2.75) is 26.4 Å². The predicted molar refractivity (Wildman–Crippen MR) is 116 cm³/mol. The highest BCUT2D eigenvalue weighted by atomic mass is 16.3. The van der Waals surface area contributed by atoms with E-state index in [4.69, 9.17) is 4.98 Å². The molecule has 0 saturated carbocycles. The van der Waals surface area contributed by atoms with Gasteiger partial charge in [0.15, 0.2) is 0 Å². The van der Waals surface area contributed by atoms with Crippen LogP contribution in [0.4, 0.5) is 5.95 Å². The van der Waals surface area contributed by atoms with Crippen molar-refractivity contribution in [3.05, 3.63) is 65.9 Å². The first-order chi connectivity index (χ1) is 14.2. The standard InChI is InChI=1S/C24H27N3O2/c1-17-2-6-21(7-3-17)23-22(20-8-4-18(15-28)5-9-20)14-25-24(26-23)27-12-10-19(16-29)11-13-27/h2-9,14,19,28-29H,10-13,15-16H2,1H3. The van der Waals surface area contributed by atoms with Crippen LogP contribution in [0.5, 0.6) is 0 Å². The molecule has 5 nitrogen and oxygen atoms in total. The van der Waals surface area contributed by atoms with Crippen LogP contribution < -0.4 is 4.90 Å². The quantitative estimate of drug-likeness (QED) is 0.694. The smallest absolute Gasteiger partial charge is 0.225 e. The summed E-state index contributed by atoms with van der Waals surface area (Å²) in [7, 11) is 0. The molecule has 0 spiro atoms. The highest BCUT2D eigenvalue weighted by molar-refractivity contribution is 5.81. The normalized spacial score (nSPS) is 14.9. The second-order valence-corrected chi connectivity index (χ2v) is 7.77. The van der Waals surface area contributed by atoms with Gasteiger partial charge in [-0.25, -0.2) is 9.97 Å². The van der Waals surface area contributed by atoms with Crippen molar-refractivity contribution < 1.29 is 10.2 Å². The third-order valence-electron chi connectivity index (χ3n) is 5.70. The largest absolute Gasteiger partial charge is 0.396 e. The second-order valence-electron chi connectivity index (χ2n) is 7.77. The summed E-state index contributed by atoms with van der Waals surface area (Å²) < 4.78 is 0. The van der Waals surface area contributed by atoms with Crippen LogP contribution in [-0.4, -0.2) is 39.9 Å². The maximum absolute atomic E-state index is 9.40. The van der Waals surface area contributed by atoms with Crippen molar-refractivity contribution >= 4 is 5.95 Å². The molecule has 0 aliphatic carbocycles. The Bertz CT molecular complexity index is 947. The lowest BCUT2D eigenvalue weighted by molar-refractivity contribution is 0.202. The summed E-state index contributed by atoms with van der Waals surface area (Å²) in [6, 6.07) is 16.3. The van der Waals surface area contributed by atoms with Gasteiger partial charge >= 0.3 is 0 Å². The van der Waals surface area contributed by atoms with Gasteiger partial charge in [-0.15, -0.1) is 0 Å². The van der Waals surface area contributed by atoms with E-state index >= 15 is 0 Å². The fourth-order valence-corrected chi connectivity index (χ4v) is 3.77. The molecule has 2 aromatic carbocycles. The van der Waals surface area contributed by atoms with E-state index in [-0.39, 0.29) is 13.2 Å². The second kappa shape index (κ2) is 8.72. The number of nitrogens with zero attached hydrogens (tertiary/aromatic N) is 3. The van der Waals surface area contributed by atoms with E-state index in [2.05, 4.69) is 41.1 Å². The Labute approximate surface area is 171 Å². The molecule has 0 radical (unpaired) electrons. The van der Waals surface area contributed by atoms with Gasteiger partial charge in [0, 0.05) is 37.0 Å². The van der Waals surface area contributed by atoms with Crippen molar-refractivity contribution in [1.82, 2.24) is 9.97 Å². The molecule has 1 aliphatic rings. The summed E-state index contributed by atoms with van der Waals surface area (Å²) in [5.41, 5.74) is 6.08. The zero-order chi connectivity index (χ0) is 20.2. The van der Waals surface area contributed by atoms with Crippen molar-refractivity contribution in [1.29, 1.82) is 0 Å². The molecule has 4 rings (SSSR count). The van der Waals surface area contributed by atoms with Crippen LogP contribution in [0.2, 0.25) is 0 Å². The summed E-state index contributed by atoms with van der Waals surface area (Å²) in [5.74, 6) is 1.12. The molecule has 3 aromatic rings. The maximum Gasteiger partial charge on any atom is 0.225 e. The predicted octanol–water partition coefficient (Wildman–Crippen LogP) is 3.82. The summed E-state index contributed by atoms with van der Waals surface area (Å²) in [5, 5.41) is 18.7. The van der Waals surface area contributed by atoms with Gasteiger partial charge < -0.3 is 15.1 Å². The third-order valence-corrected chi connectivity index (χ3v) is 5.70. The number of aryl methyl sites for hydroxylation is 1. The third kappa shape index (κ3) is 4.31. The van der Waals surface area contributed by atoms with Crippen molar-refractivity contribution in [2.24, 2.45) is 5.92 Å². The Kier molecular flexibility index (Phi) is 5.88. The fourth-order valence-electron chi connectivity index (χ4n) is 3.77. The van der Waals surface area contributed by atoms with E-state index < -0.39 is 0 Å². The van der Waals surface area contributed by atoms with Gasteiger partial charge in [-0.3, -0.25) is 0 Å². The summed E-state index contributed by atoms with van der Waals surface area (Å²) in [6.07, 6.45) is 3.83. The Morgan fingerprint density at radius 2 is 1.59 bits per heavy atom. The molecule has 5 heteroatoms. The summed E-state index contributed by atoms with van der Waals surface area (Å²) >= 11 is 0. The molecule has 0 atom stereocenters.